The Morgan fingerprint density at radius 1 is 1.28 bits per heavy atom. The molecule has 2 N–H and O–H groups in total. The largest absolute Gasteiger partial charge is 0.301 e. The van der Waals surface area contributed by atoms with Gasteiger partial charge in [-0.3, -0.25) is 4.79 Å². The van der Waals surface area contributed by atoms with E-state index in [2.05, 4.69) is 20.2 Å². The van der Waals surface area contributed by atoms with Gasteiger partial charge in [-0.2, -0.15) is 0 Å². The first kappa shape index (κ1) is 17.9. The molecule has 0 aliphatic carbocycles. The molecule has 1 radical (unpaired) electrons. The third-order valence-electron chi connectivity index (χ3n) is 1.36. The topological polar surface area (TPSA) is 101 Å². The minimum atomic E-state index is -3.69. The smallest absolute Gasteiger partial charge is 0.270 e. The van der Waals surface area contributed by atoms with E-state index in [1.807, 2.05) is 0 Å². The number of anilines is 1. The molecule has 97 valence electrons. The summed E-state index contributed by atoms with van der Waals surface area (Å²) < 4.78 is 25.9. The van der Waals surface area contributed by atoms with Crippen LogP contribution in [0.1, 0.15) is 27.7 Å². The molecular weight excluding hydrogens is 287 g/mol. The molecule has 1 rings (SSSR count). The van der Waals surface area contributed by atoms with E-state index in [1.54, 1.807) is 20.8 Å². The molecule has 10 heteroatoms. The van der Waals surface area contributed by atoms with Gasteiger partial charge in [0.1, 0.15) is 0 Å². The molecule has 0 bridgehead atoms. The zero-order valence-electron chi connectivity index (χ0n) is 10.9. The summed E-state index contributed by atoms with van der Waals surface area (Å²) in [5.41, 5.74) is -0.599. The SMILES string of the molecule is CC(=O)Nc1nnc(S(=O)(=O)NC(C)(C)C)s1.[Na]. The number of sulfonamides is 1. The van der Waals surface area contributed by atoms with Gasteiger partial charge in [0, 0.05) is 42.0 Å². The van der Waals surface area contributed by atoms with Gasteiger partial charge in [0.15, 0.2) is 0 Å². The molecule has 0 aliphatic rings. The van der Waals surface area contributed by atoms with Crippen LogP contribution in [0.15, 0.2) is 4.34 Å². The molecule has 7 nitrogen and oxygen atoms in total. The van der Waals surface area contributed by atoms with Crippen molar-refractivity contribution in [2.45, 2.75) is 37.6 Å². The second-order valence-corrected chi connectivity index (χ2v) is 7.24. The van der Waals surface area contributed by atoms with Crippen molar-refractivity contribution in [1.29, 1.82) is 0 Å². The third-order valence-corrected chi connectivity index (χ3v) is 4.32. The Morgan fingerprint density at radius 3 is 2.28 bits per heavy atom. The van der Waals surface area contributed by atoms with E-state index < -0.39 is 15.6 Å². The Labute approximate surface area is 132 Å². The van der Waals surface area contributed by atoms with E-state index >= 15 is 0 Å². The van der Waals surface area contributed by atoms with E-state index in [0.717, 1.165) is 11.3 Å². The quantitative estimate of drug-likeness (QED) is 0.613. The Hall–Kier alpha value is -0.0600. The van der Waals surface area contributed by atoms with Crippen LogP contribution in [0.25, 0.3) is 0 Å². The molecule has 0 aliphatic heterocycles. The van der Waals surface area contributed by atoms with Crippen molar-refractivity contribution < 1.29 is 13.2 Å². The maximum absolute atomic E-state index is 11.8. The summed E-state index contributed by atoms with van der Waals surface area (Å²) in [4.78, 5) is 10.8. The monoisotopic (exact) mass is 301 g/mol. The Balaban J connectivity index is 0.00000289. The Morgan fingerprint density at radius 2 is 1.83 bits per heavy atom. The summed E-state index contributed by atoms with van der Waals surface area (Å²) in [6.07, 6.45) is 0. The molecule has 1 amide bonds. The van der Waals surface area contributed by atoms with Crippen LogP contribution in [0.5, 0.6) is 0 Å². The number of carbonyl (C=O) groups is 1. The van der Waals surface area contributed by atoms with Gasteiger partial charge < -0.3 is 5.32 Å². The maximum atomic E-state index is 11.8. The summed E-state index contributed by atoms with van der Waals surface area (Å²) in [6.45, 7) is 6.48. The normalized spacial score (nSPS) is 11.8. The molecule has 0 fully saturated rings. The number of carbonyl (C=O) groups excluding carboxylic acids is 1. The molecule has 0 saturated heterocycles. The number of amides is 1. The fourth-order valence-electron chi connectivity index (χ4n) is 0.966. The minimum Gasteiger partial charge on any atom is -0.301 e. The van der Waals surface area contributed by atoms with Crippen molar-refractivity contribution in [2.24, 2.45) is 0 Å². The average Bonchev–Trinajstić information content (AvgIpc) is 2.46. The van der Waals surface area contributed by atoms with E-state index in [9.17, 15) is 13.2 Å². The van der Waals surface area contributed by atoms with Crippen LogP contribution >= 0.6 is 11.3 Å². The predicted molar refractivity (Wildman–Crippen MR) is 70.0 cm³/mol. The molecule has 18 heavy (non-hydrogen) atoms. The van der Waals surface area contributed by atoms with Gasteiger partial charge in [-0.1, -0.05) is 11.3 Å². The van der Waals surface area contributed by atoms with Gasteiger partial charge in [0.25, 0.3) is 10.0 Å². The van der Waals surface area contributed by atoms with Crippen molar-refractivity contribution >= 4 is 62.0 Å². The first-order valence-electron chi connectivity index (χ1n) is 4.75. The minimum absolute atomic E-state index is 0. The van der Waals surface area contributed by atoms with Crippen LogP contribution in [-0.4, -0.2) is 59.6 Å². The van der Waals surface area contributed by atoms with Crippen molar-refractivity contribution in [3.63, 3.8) is 0 Å². The number of aromatic nitrogens is 2. The first-order valence-corrected chi connectivity index (χ1v) is 7.05. The summed E-state index contributed by atoms with van der Waals surface area (Å²) in [5.74, 6) is -0.325. The van der Waals surface area contributed by atoms with Crippen LogP contribution in [0.2, 0.25) is 0 Å². The fourth-order valence-corrected chi connectivity index (χ4v) is 3.33. The van der Waals surface area contributed by atoms with Crippen molar-refractivity contribution in [3.05, 3.63) is 0 Å². The molecule has 1 heterocycles. The van der Waals surface area contributed by atoms with Crippen molar-refractivity contribution in [1.82, 2.24) is 14.9 Å². The van der Waals surface area contributed by atoms with Gasteiger partial charge in [0.05, 0.1) is 0 Å². The molecule has 0 spiro atoms. The van der Waals surface area contributed by atoms with Gasteiger partial charge in [-0.05, 0) is 20.8 Å². The van der Waals surface area contributed by atoms with Crippen LogP contribution < -0.4 is 10.0 Å². The van der Waals surface area contributed by atoms with Crippen LogP contribution in [0, 0.1) is 0 Å². The molecule has 0 unspecified atom stereocenters. The molecule has 0 aromatic carbocycles. The standard InChI is InChI=1S/C8H14N4O3S2.Na/c1-5(13)9-6-10-11-7(16-6)17(14,15)12-8(2,3)4;/h12H,1-4H3,(H,9,10,13);. The van der Waals surface area contributed by atoms with E-state index in [-0.39, 0.29) is 44.9 Å². The van der Waals surface area contributed by atoms with Crippen LogP contribution in [0.4, 0.5) is 5.13 Å². The predicted octanol–water partition coefficient (Wildman–Crippen LogP) is 0.192. The number of hydrogen-bond acceptors (Lipinski definition) is 6. The van der Waals surface area contributed by atoms with Gasteiger partial charge in [-0.25, -0.2) is 13.1 Å². The zero-order valence-corrected chi connectivity index (χ0v) is 14.6. The Kier molecular flexibility index (Phi) is 6.38. The number of nitrogens with one attached hydrogen (secondary N) is 2. The zero-order chi connectivity index (χ0) is 13.3. The van der Waals surface area contributed by atoms with Gasteiger partial charge >= 0.3 is 0 Å². The van der Waals surface area contributed by atoms with Crippen molar-refractivity contribution in [2.75, 3.05) is 5.32 Å². The fraction of sp³-hybridized carbons (Fsp3) is 0.625. The summed E-state index contributed by atoms with van der Waals surface area (Å²) in [6, 6.07) is 0. The van der Waals surface area contributed by atoms with Crippen LogP contribution in [0.3, 0.4) is 0 Å². The molecule has 1 aromatic heterocycles. The average molecular weight is 301 g/mol. The number of nitrogens with zero attached hydrogens (tertiary/aromatic N) is 2. The van der Waals surface area contributed by atoms with Gasteiger partial charge in [-0.15, -0.1) is 10.2 Å². The Bertz CT molecular complexity index is 521. The second-order valence-electron chi connectivity index (χ2n) is 4.41. The van der Waals surface area contributed by atoms with Crippen LogP contribution in [-0.2, 0) is 14.8 Å². The van der Waals surface area contributed by atoms with E-state index in [1.165, 1.54) is 6.92 Å². The summed E-state index contributed by atoms with van der Waals surface area (Å²) in [5, 5.41) is 9.63. The first-order chi connectivity index (χ1) is 7.60. The third kappa shape index (κ3) is 5.72. The van der Waals surface area contributed by atoms with E-state index in [4.69, 9.17) is 0 Å². The summed E-state index contributed by atoms with van der Waals surface area (Å²) in [7, 11) is -3.69. The molecule has 0 saturated carbocycles. The molecular formula is C8H14N4NaO3S2. The second kappa shape index (κ2) is 6.40. The molecule has 1 aromatic rings. The van der Waals surface area contributed by atoms with E-state index in [0.29, 0.717) is 0 Å². The number of hydrogen-bond donors (Lipinski definition) is 2. The maximum Gasteiger partial charge on any atom is 0.270 e. The number of rotatable bonds is 3. The van der Waals surface area contributed by atoms with Gasteiger partial charge in [0.2, 0.25) is 15.4 Å². The summed E-state index contributed by atoms with van der Waals surface area (Å²) >= 11 is 0.804. The van der Waals surface area contributed by atoms with Crippen molar-refractivity contribution in [3.8, 4) is 0 Å². The molecule has 0 atom stereocenters.